The smallest absolute Gasteiger partial charge is 0.119 e. The Bertz CT molecular complexity index is 493. The lowest BCUT2D eigenvalue weighted by Gasteiger charge is -2.04. The maximum absolute atomic E-state index is 5.46. The second kappa shape index (κ2) is 7.26. The van der Waals surface area contributed by atoms with Crippen LogP contribution < -0.4 is 10.5 Å². The third-order valence-corrected chi connectivity index (χ3v) is 3.74. The molecule has 0 unspecified atom stereocenters. The summed E-state index contributed by atoms with van der Waals surface area (Å²) in [4.78, 5) is 4.67. The highest BCUT2D eigenvalue weighted by Crippen LogP contribution is 2.24. The van der Waals surface area contributed by atoms with Gasteiger partial charge in [-0.25, -0.2) is 4.98 Å². The van der Waals surface area contributed by atoms with E-state index in [4.69, 9.17) is 10.5 Å². The molecule has 2 aromatic rings. The zero-order valence-corrected chi connectivity index (χ0v) is 12.1. The van der Waals surface area contributed by atoms with Crippen LogP contribution in [0.5, 0.6) is 5.75 Å². The number of aryl methyl sites for hydroxylation is 1. The van der Waals surface area contributed by atoms with Crippen LogP contribution in [0.15, 0.2) is 29.6 Å². The molecule has 1 aromatic heterocycles. The van der Waals surface area contributed by atoms with E-state index in [0.29, 0.717) is 13.2 Å². The van der Waals surface area contributed by atoms with Gasteiger partial charge in [0.1, 0.15) is 12.4 Å². The summed E-state index contributed by atoms with van der Waals surface area (Å²) >= 11 is 1.74. The van der Waals surface area contributed by atoms with E-state index in [2.05, 4.69) is 17.3 Å². The van der Waals surface area contributed by atoms with Gasteiger partial charge in [-0.2, -0.15) is 0 Å². The average Bonchev–Trinajstić information content (AvgIpc) is 2.92. The van der Waals surface area contributed by atoms with Crippen molar-refractivity contribution in [3.63, 3.8) is 0 Å². The maximum atomic E-state index is 5.46. The number of ether oxygens (including phenoxy) is 1. The fourth-order valence-corrected chi connectivity index (χ4v) is 2.63. The molecule has 0 aliphatic rings. The van der Waals surface area contributed by atoms with Gasteiger partial charge in [0, 0.05) is 17.5 Å². The van der Waals surface area contributed by atoms with E-state index in [1.807, 2.05) is 24.3 Å². The SMILES string of the molecule is CCCCc1nc(-c2ccc(OCCN)cc2)cs1. The normalized spacial score (nSPS) is 10.6. The van der Waals surface area contributed by atoms with Gasteiger partial charge >= 0.3 is 0 Å². The third kappa shape index (κ3) is 4.04. The highest BCUT2D eigenvalue weighted by Gasteiger charge is 2.04. The standard InChI is InChI=1S/C15H20N2OS/c1-2-3-4-15-17-14(11-19-15)12-5-7-13(8-6-12)18-10-9-16/h5-8,11H,2-4,9-10,16H2,1H3. The van der Waals surface area contributed by atoms with Crippen molar-refractivity contribution in [3.05, 3.63) is 34.7 Å². The quantitative estimate of drug-likeness (QED) is 0.842. The van der Waals surface area contributed by atoms with Gasteiger partial charge in [0.2, 0.25) is 0 Å². The Hall–Kier alpha value is -1.39. The maximum Gasteiger partial charge on any atom is 0.119 e. The first-order valence-corrected chi connectivity index (χ1v) is 7.59. The Labute approximate surface area is 118 Å². The summed E-state index contributed by atoms with van der Waals surface area (Å²) in [5.74, 6) is 0.857. The van der Waals surface area contributed by atoms with Crippen LogP contribution >= 0.6 is 11.3 Å². The van der Waals surface area contributed by atoms with Crippen molar-refractivity contribution in [2.45, 2.75) is 26.2 Å². The molecule has 102 valence electrons. The number of unbranched alkanes of at least 4 members (excludes halogenated alkanes) is 1. The van der Waals surface area contributed by atoms with Gasteiger partial charge in [-0.05, 0) is 37.1 Å². The van der Waals surface area contributed by atoms with E-state index in [-0.39, 0.29) is 0 Å². The average molecular weight is 276 g/mol. The van der Waals surface area contributed by atoms with Gasteiger partial charge in [0.15, 0.2) is 0 Å². The molecule has 0 amide bonds. The van der Waals surface area contributed by atoms with Crippen LogP contribution in [-0.2, 0) is 6.42 Å². The first kappa shape index (κ1) is 14.0. The molecule has 2 N–H and O–H groups in total. The highest BCUT2D eigenvalue weighted by atomic mass is 32.1. The fraction of sp³-hybridized carbons (Fsp3) is 0.400. The van der Waals surface area contributed by atoms with E-state index in [1.54, 1.807) is 11.3 Å². The number of nitrogens with two attached hydrogens (primary N) is 1. The topological polar surface area (TPSA) is 48.1 Å². The molecule has 0 saturated carbocycles. The lowest BCUT2D eigenvalue weighted by Crippen LogP contribution is -2.10. The van der Waals surface area contributed by atoms with Crippen molar-refractivity contribution in [2.75, 3.05) is 13.2 Å². The number of benzene rings is 1. The second-order valence-electron chi connectivity index (χ2n) is 4.39. The van der Waals surface area contributed by atoms with Crippen LogP contribution in [0.25, 0.3) is 11.3 Å². The molecular formula is C15H20N2OS. The number of hydrogen-bond donors (Lipinski definition) is 1. The van der Waals surface area contributed by atoms with Crippen LogP contribution in [0, 0.1) is 0 Å². The molecule has 0 saturated heterocycles. The molecule has 0 radical (unpaired) electrons. The summed E-state index contributed by atoms with van der Waals surface area (Å²) in [6, 6.07) is 8.03. The van der Waals surface area contributed by atoms with Crippen molar-refractivity contribution in [2.24, 2.45) is 5.73 Å². The molecule has 0 bridgehead atoms. The predicted octanol–water partition coefficient (Wildman–Crippen LogP) is 3.49. The van der Waals surface area contributed by atoms with Gasteiger partial charge in [-0.15, -0.1) is 11.3 Å². The molecule has 19 heavy (non-hydrogen) atoms. The van der Waals surface area contributed by atoms with E-state index in [1.165, 1.54) is 17.8 Å². The highest BCUT2D eigenvalue weighted by molar-refractivity contribution is 7.09. The summed E-state index contributed by atoms with van der Waals surface area (Å²) in [5, 5.41) is 3.35. The zero-order valence-electron chi connectivity index (χ0n) is 11.3. The summed E-state index contributed by atoms with van der Waals surface area (Å²) in [6.07, 6.45) is 3.50. The molecule has 3 nitrogen and oxygen atoms in total. The van der Waals surface area contributed by atoms with Crippen LogP contribution in [0.3, 0.4) is 0 Å². The van der Waals surface area contributed by atoms with Crippen molar-refractivity contribution < 1.29 is 4.74 Å². The summed E-state index contributed by atoms with van der Waals surface area (Å²) in [7, 11) is 0. The Kier molecular flexibility index (Phi) is 5.36. The van der Waals surface area contributed by atoms with E-state index in [9.17, 15) is 0 Å². The third-order valence-electron chi connectivity index (χ3n) is 2.83. The van der Waals surface area contributed by atoms with Crippen molar-refractivity contribution >= 4 is 11.3 Å². The molecule has 2 rings (SSSR count). The number of nitrogens with zero attached hydrogens (tertiary/aromatic N) is 1. The van der Waals surface area contributed by atoms with E-state index >= 15 is 0 Å². The molecule has 0 spiro atoms. The van der Waals surface area contributed by atoms with Crippen molar-refractivity contribution in [1.82, 2.24) is 4.98 Å². The lowest BCUT2D eigenvalue weighted by atomic mass is 10.2. The number of thiazole rings is 1. The summed E-state index contributed by atoms with van der Waals surface area (Å²) < 4.78 is 5.46. The minimum absolute atomic E-state index is 0.536. The minimum Gasteiger partial charge on any atom is -0.492 e. The summed E-state index contributed by atoms with van der Waals surface area (Å²) in [5.41, 5.74) is 7.60. The number of aromatic nitrogens is 1. The van der Waals surface area contributed by atoms with E-state index < -0.39 is 0 Å². The molecule has 0 atom stereocenters. The van der Waals surface area contributed by atoms with Crippen LogP contribution in [-0.4, -0.2) is 18.1 Å². The fourth-order valence-electron chi connectivity index (χ4n) is 1.79. The molecule has 0 aliphatic carbocycles. The number of rotatable bonds is 7. The van der Waals surface area contributed by atoms with Gasteiger partial charge < -0.3 is 10.5 Å². The predicted molar refractivity (Wildman–Crippen MR) is 80.7 cm³/mol. The lowest BCUT2D eigenvalue weighted by molar-refractivity contribution is 0.328. The van der Waals surface area contributed by atoms with E-state index in [0.717, 1.165) is 23.4 Å². The van der Waals surface area contributed by atoms with Crippen LogP contribution in [0.4, 0.5) is 0 Å². The summed E-state index contributed by atoms with van der Waals surface area (Å²) in [6.45, 7) is 3.29. The van der Waals surface area contributed by atoms with Gasteiger partial charge in [-0.1, -0.05) is 13.3 Å². The molecule has 4 heteroatoms. The first-order chi connectivity index (χ1) is 9.33. The van der Waals surface area contributed by atoms with Gasteiger partial charge in [0.05, 0.1) is 10.7 Å². The molecular weight excluding hydrogens is 256 g/mol. The number of hydrogen-bond acceptors (Lipinski definition) is 4. The first-order valence-electron chi connectivity index (χ1n) is 6.71. The Morgan fingerprint density at radius 2 is 2.05 bits per heavy atom. The van der Waals surface area contributed by atoms with Crippen LogP contribution in [0.2, 0.25) is 0 Å². The molecule has 1 aromatic carbocycles. The molecule has 0 fully saturated rings. The zero-order chi connectivity index (χ0) is 13.5. The largest absolute Gasteiger partial charge is 0.492 e. The van der Waals surface area contributed by atoms with Gasteiger partial charge in [-0.3, -0.25) is 0 Å². The van der Waals surface area contributed by atoms with Crippen molar-refractivity contribution in [1.29, 1.82) is 0 Å². The van der Waals surface area contributed by atoms with Crippen LogP contribution in [0.1, 0.15) is 24.8 Å². The second-order valence-corrected chi connectivity index (χ2v) is 5.33. The van der Waals surface area contributed by atoms with Gasteiger partial charge in [0.25, 0.3) is 0 Å². The Morgan fingerprint density at radius 1 is 1.26 bits per heavy atom. The Balaban J connectivity index is 2.02. The Morgan fingerprint density at radius 3 is 2.74 bits per heavy atom. The molecule has 0 aliphatic heterocycles. The molecule has 1 heterocycles. The monoisotopic (exact) mass is 276 g/mol. The van der Waals surface area contributed by atoms with Crippen molar-refractivity contribution in [3.8, 4) is 17.0 Å². The minimum atomic E-state index is 0.536.